The standard InChI is InChI=1S/C26H30FN5O4/c1-15-20(12-17-16-11-18(27)22(29-23(34)14-33)13-21(16)30-25(17)35)28-19-5-8-32(26(36)24(15)19)10-9-31-6-3-2-4-7-31/h11-13,28,33H,2-10,14H2,1H3,(H,29,34)(H,30,35)/b17-12-. The molecule has 0 bridgehead atoms. The third-order valence-corrected chi connectivity index (χ3v) is 7.23. The lowest BCUT2D eigenvalue weighted by Gasteiger charge is -2.32. The first-order valence-electron chi connectivity index (χ1n) is 12.4. The summed E-state index contributed by atoms with van der Waals surface area (Å²) in [6.07, 6.45) is 6.06. The molecule has 3 aliphatic heterocycles. The maximum absolute atomic E-state index is 14.6. The molecular weight excluding hydrogens is 465 g/mol. The van der Waals surface area contributed by atoms with Crippen molar-refractivity contribution in [3.8, 4) is 0 Å². The third kappa shape index (κ3) is 4.54. The van der Waals surface area contributed by atoms with Crippen molar-refractivity contribution in [2.45, 2.75) is 32.6 Å². The fourth-order valence-corrected chi connectivity index (χ4v) is 5.25. The molecule has 0 saturated carbocycles. The predicted octanol–water partition coefficient (Wildman–Crippen LogP) is 2.37. The van der Waals surface area contributed by atoms with Crippen LogP contribution in [0.1, 0.15) is 52.1 Å². The van der Waals surface area contributed by atoms with E-state index in [-0.39, 0.29) is 17.2 Å². The van der Waals surface area contributed by atoms with Crippen LogP contribution in [-0.2, 0) is 16.0 Å². The monoisotopic (exact) mass is 495 g/mol. The van der Waals surface area contributed by atoms with Crippen LogP contribution in [0.5, 0.6) is 0 Å². The SMILES string of the molecule is Cc1c(/C=C2\C(=O)Nc3cc(NC(=O)CO)c(F)cc32)[nH]c2c1C(=O)N(CCN1CCCCC1)CC2. The smallest absolute Gasteiger partial charge is 0.256 e. The molecule has 0 aliphatic carbocycles. The first kappa shape index (κ1) is 24.2. The van der Waals surface area contributed by atoms with Gasteiger partial charge in [-0.15, -0.1) is 0 Å². The Kier molecular flexibility index (Phi) is 6.63. The molecule has 0 radical (unpaired) electrons. The van der Waals surface area contributed by atoms with Crippen LogP contribution in [-0.4, -0.2) is 76.9 Å². The average Bonchev–Trinajstić information content (AvgIpc) is 3.35. The highest BCUT2D eigenvalue weighted by atomic mass is 19.1. The summed E-state index contributed by atoms with van der Waals surface area (Å²) in [5.74, 6) is -1.88. The maximum Gasteiger partial charge on any atom is 0.256 e. The molecule has 36 heavy (non-hydrogen) atoms. The molecular formula is C26H30FN5O4. The molecule has 190 valence electrons. The first-order chi connectivity index (χ1) is 17.4. The number of fused-ring (bicyclic) bond motifs is 2. The van der Waals surface area contributed by atoms with E-state index in [1.165, 1.54) is 31.4 Å². The minimum atomic E-state index is -0.779. The van der Waals surface area contributed by atoms with Crippen molar-refractivity contribution in [1.82, 2.24) is 14.8 Å². The fourth-order valence-electron chi connectivity index (χ4n) is 5.25. The summed E-state index contributed by atoms with van der Waals surface area (Å²) in [7, 11) is 0. The average molecular weight is 496 g/mol. The number of hydrogen-bond acceptors (Lipinski definition) is 5. The van der Waals surface area contributed by atoms with Crippen LogP contribution >= 0.6 is 0 Å². The van der Waals surface area contributed by atoms with Crippen LogP contribution in [0.25, 0.3) is 11.6 Å². The van der Waals surface area contributed by atoms with Crippen molar-refractivity contribution < 1.29 is 23.9 Å². The maximum atomic E-state index is 14.6. The van der Waals surface area contributed by atoms with Gasteiger partial charge in [-0.2, -0.15) is 0 Å². The summed E-state index contributed by atoms with van der Waals surface area (Å²) in [5, 5.41) is 13.9. The molecule has 1 saturated heterocycles. The molecule has 4 N–H and O–H groups in total. The lowest BCUT2D eigenvalue weighted by atomic mass is 10.0. The lowest BCUT2D eigenvalue weighted by Crippen LogP contribution is -2.43. The second-order valence-electron chi connectivity index (χ2n) is 9.56. The van der Waals surface area contributed by atoms with Crippen molar-refractivity contribution >= 4 is 40.7 Å². The van der Waals surface area contributed by atoms with Crippen LogP contribution in [0.4, 0.5) is 15.8 Å². The van der Waals surface area contributed by atoms with Gasteiger partial charge in [0.05, 0.1) is 22.5 Å². The Hall–Kier alpha value is -3.50. The zero-order valence-electron chi connectivity index (χ0n) is 20.2. The van der Waals surface area contributed by atoms with Crippen LogP contribution in [0.15, 0.2) is 12.1 Å². The number of nitrogens with one attached hydrogen (secondary N) is 3. The number of carbonyl (C=O) groups is 3. The highest BCUT2D eigenvalue weighted by molar-refractivity contribution is 6.35. The van der Waals surface area contributed by atoms with E-state index in [1.807, 2.05) is 11.8 Å². The van der Waals surface area contributed by atoms with Crippen molar-refractivity contribution in [2.24, 2.45) is 0 Å². The minimum absolute atomic E-state index is 0.00163. The second kappa shape index (κ2) is 9.87. The Bertz CT molecular complexity index is 1260. The van der Waals surface area contributed by atoms with Crippen molar-refractivity contribution in [3.63, 3.8) is 0 Å². The molecule has 1 fully saturated rings. The molecule has 4 heterocycles. The molecule has 5 rings (SSSR count). The number of rotatable bonds is 6. The van der Waals surface area contributed by atoms with Crippen LogP contribution in [0, 0.1) is 12.7 Å². The Morgan fingerprint density at radius 1 is 1.17 bits per heavy atom. The van der Waals surface area contributed by atoms with Crippen molar-refractivity contribution in [2.75, 3.05) is 50.0 Å². The van der Waals surface area contributed by atoms with Gasteiger partial charge in [-0.3, -0.25) is 14.4 Å². The first-order valence-corrected chi connectivity index (χ1v) is 12.4. The van der Waals surface area contributed by atoms with E-state index in [2.05, 4.69) is 20.5 Å². The number of benzene rings is 1. The highest BCUT2D eigenvalue weighted by Gasteiger charge is 2.31. The molecule has 3 aliphatic rings. The molecule has 9 nitrogen and oxygen atoms in total. The van der Waals surface area contributed by atoms with Gasteiger partial charge in [0.1, 0.15) is 12.4 Å². The summed E-state index contributed by atoms with van der Waals surface area (Å²) in [6, 6.07) is 2.50. The van der Waals surface area contributed by atoms with Gasteiger partial charge in [-0.1, -0.05) is 6.42 Å². The molecule has 3 amide bonds. The number of piperidine rings is 1. The second-order valence-corrected chi connectivity index (χ2v) is 9.56. The zero-order valence-corrected chi connectivity index (χ0v) is 20.2. The van der Waals surface area contributed by atoms with E-state index in [9.17, 15) is 18.8 Å². The molecule has 2 aromatic rings. The van der Waals surface area contributed by atoms with E-state index in [1.54, 1.807) is 6.08 Å². The number of carbonyl (C=O) groups excluding carboxylic acids is 3. The van der Waals surface area contributed by atoms with E-state index in [0.29, 0.717) is 42.0 Å². The van der Waals surface area contributed by atoms with Crippen LogP contribution < -0.4 is 10.6 Å². The van der Waals surface area contributed by atoms with Gasteiger partial charge >= 0.3 is 0 Å². The van der Waals surface area contributed by atoms with Gasteiger partial charge < -0.3 is 30.5 Å². The number of nitrogens with zero attached hydrogens (tertiary/aromatic N) is 2. The zero-order chi connectivity index (χ0) is 25.4. The number of likely N-dealkylation sites (tertiary alicyclic amines) is 1. The van der Waals surface area contributed by atoms with E-state index in [4.69, 9.17) is 5.11 Å². The summed E-state index contributed by atoms with van der Waals surface area (Å²) in [6.45, 7) is 5.48. The van der Waals surface area contributed by atoms with Gasteiger partial charge in [0.25, 0.3) is 11.8 Å². The van der Waals surface area contributed by atoms with E-state index >= 15 is 0 Å². The molecule has 0 unspecified atom stereocenters. The summed E-state index contributed by atoms with van der Waals surface area (Å²) in [5.41, 5.74) is 3.76. The van der Waals surface area contributed by atoms with Gasteiger partial charge in [0, 0.05) is 43.0 Å². The molecule has 1 aromatic heterocycles. The predicted molar refractivity (Wildman–Crippen MR) is 134 cm³/mol. The van der Waals surface area contributed by atoms with Crippen molar-refractivity contribution in [3.05, 3.63) is 46.0 Å². The van der Waals surface area contributed by atoms with E-state index < -0.39 is 24.2 Å². The lowest BCUT2D eigenvalue weighted by molar-refractivity contribution is -0.118. The van der Waals surface area contributed by atoms with Crippen molar-refractivity contribution in [1.29, 1.82) is 0 Å². The normalized spacial score (nSPS) is 18.9. The van der Waals surface area contributed by atoms with Gasteiger partial charge in [-0.25, -0.2) is 4.39 Å². The Morgan fingerprint density at radius 3 is 2.69 bits per heavy atom. The number of hydrogen-bond donors (Lipinski definition) is 4. The molecule has 0 spiro atoms. The number of aromatic nitrogens is 1. The highest BCUT2D eigenvalue weighted by Crippen LogP contribution is 2.37. The quantitative estimate of drug-likeness (QED) is 0.459. The number of amides is 3. The third-order valence-electron chi connectivity index (χ3n) is 7.23. The van der Waals surface area contributed by atoms with Gasteiger partial charge in [0.15, 0.2) is 0 Å². The summed E-state index contributed by atoms with van der Waals surface area (Å²) >= 11 is 0. The Labute approximate surface area is 208 Å². The van der Waals surface area contributed by atoms with Gasteiger partial charge in [-0.05, 0) is 56.6 Å². The van der Waals surface area contributed by atoms with Crippen LogP contribution in [0.3, 0.4) is 0 Å². The number of H-pyrrole nitrogens is 1. The number of anilines is 2. The Balaban J connectivity index is 1.38. The summed E-state index contributed by atoms with van der Waals surface area (Å²) in [4.78, 5) is 45.1. The number of aliphatic hydroxyl groups excluding tert-OH is 1. The largest absolute Gasteiger partial charge is 0.387 e. The molecule has 1 aromatic carbocycles. The fraction of sp³-hybridized carbons (Fsp3) is 0.423. The van der Waals surface area contributed by atoms with E-state index in [0.717, 1.165) is 30.9 Å². The minimum Gasteiger partial charge on any atom is -0.387 e. The number of aromatic amines is 1. The van der Waals surface area contributed by atoms with Crippen LogP contribution in [0.2, 0.25) is 0 Å². The molecule has 0 atom stereocenters. The number of halogens is 1. The Morgan fingerprint density at radius 2 is 1.94 bits per heavy atom. The van der Waals surface area contributed by atoms with Gasteiger partial charge in [0.2, 0.25) is 5.91 Å². The number of aliphatic hydroxyl groups is 1. The topological polar surface area (TPSA) is 118 Å². The molecule has 10 heteroatoms. The summed E-state index contributed by atoms with van der Waals surface area (Å²) < 4.78 is 14.6.